The SMILES string of the molecule is COc1ccc(C[C@@]2(CN3CCc4cc(OC)c(OC)cc4[C@H]3C)C(=O)NC(=O)N(c3ccccc3)C2=O)cc1. The number of barbiturate groups is 1. The summed E-state index contributed by atoms with van der Waals surface area (Å²) in [4.78, 5) is 44.4. The summed E-state index contributed by atoms with van der Waals surface area (Å²) in [5.41, 5.74) is 1.81. The predicted octanol–water partition coefficient (Wildman–Crippen LogP) is 4.14. The van der Waals surface area contributed by atoms with E-state index < -0.39 is 23.3 Å². The predicted molar refractivity (Wildman–Crippen MR) is 150 cm³/mol. The van der Waals surface area contributed by atoms with Crippen molar-refractivity contribution >= 4 is 23.5 Å². The normalized spacial score (nSPS) is 21.1. The van der Waals surface area contributed by atoms with E-state index >= 15 is 0 Å². The maximum atomic E-state index is 14.4. The second kappa shape index (κ2) is 11.0. The van der Waals surface area contributed by atoms with Gasteiger partial charge in [0.15, 0.2) is 11.5 Å². The number of rotatable bonds is 8. The smallest absolute Gasteiger partial charge is 0.335 e. The van der Waals surface area contributed by atoms with Crippen molar-refractivity contribution in [2.75, 3.05) is 39.3 Å². The van der Waals surface area contributed by atoms with Crippen molar-refractivity contribution in [1.82, 2.24) is 10.2 Å². The van der Waals surface area contributed by atoms with Crippen LogP contribution in [0.25, 0.3) is 0 Å². The molecule has 2 atom stereocenters. The standard InChI is InChI=1S/C31H33N3O6/c1-20-25-17-27(40-4)26(39-3)16-22(25)14-15-33(20)19-31(18-21-10-12-24(38-2)13-11-21)28(35)32-30(37)34(29(31)36)23-8-6-5-7-9-23/h5-13,16-17,20H,14-15,18-19H2,1-4H3,(H,32,35,37)/t20-,31-/m1/s1. The lowest BCUT2D eigenvalue weighted by Gasteiger charge is -2.45. The number of nitrogens with one attached hydrogen (secondary N) is 1. The Labute approximate surface area is 233 Å². The van der Waals surface area contributed by atoms with Crippen molar-refractivity contribution in [3.05, 3.63) is 83.4 Å². The fourth-order valence-electron chi connectivity index (χ4n) is 5.69. The second-order valence-electron chi connectivity index (χ2n) is 10.1. The zero-order chi connectivity index (χ0) is 28.4. The molecular weight excluding hydrogens is 510 g/mol. The molecule has 3 aromatic rings. The molecule has 1 fully saturated rings. The lowest BCUT2D eigenvalue weighted by molar-refractivity contribution is -0.144. The molecule has 2 aliphatic rings. The Morgan fingerprint density at radius 2 is 1.57 bits per heavy atom. The molecule has 0 aliphatic carbocycles. The van der Waals surface area contributed by atoms with Gasteiger partial charge < -0.3 is 14.2 Å². The molecule has 3 aromatic carbocycles. The summed E-state index contributed by atoms with van der Waals surface area (Å²) in [6, 6.07) is 19.0. The Balaban J connectivity index is 1.56. The Bertz CT molecular complexity index is 1420. The van der Waals surface area contributed by atoms with Gasteiger partial charge in [-0.2, -0.15) is 0 Å². The van der Waals surface area contributed by atoms with Crippen LogP contribution >= 0.6 is 0 Å². The third-order valence-electron chi connectivity index (χ3n) is 7.93. The largest absolute Gasteiger partial charge is 0.497 e. The average Bonchev–Trinajstić information content (AvgIpc) is 2.97. The first-order chi connectivity index (χ1) is 19.3. The van der Waals surface area contributed by atoms with Crippen LogP contribution in [0.15, 0.2) is 66.7 Å². The summed E-state index contributed by atoms with van der Waals surface area (Å²) < 4.78 is 16.3. The van der Waals surface area contributed by atoms with Gasteiger partial charge in [-0.15, -0.1) is 0 Å². The number of urea groups is 1. The van der Waals surface area contributed by atoms with Gasteiger partial charge in [0.25, 0.3) is 5.91 Å². The summed E-state index contributed by atoms with van der Waals surface area (Å²) in [6.07, 6.45) is 0.816. The number of ether oxygens (including phenoxy) is 3. The number of hydrogen-bond donors (Lipinski definition) is 1. The van der Waals surface area contributed by atoms with Crippen molar-refractivity contribution in [3.8, 4) is 17.2 Å². The molecular formula is C31H33N3O6. The van der Waals surface area contributed by atoms with Crippen molar-refractivity contribution in [3.63, 3.8) is 0 Å². The first-order valence-corrected chi connectivity index (χ1v) is 13.2. The number of carbonyl (C=O) groups is 3. The van der Waals surface area contributed by atoms with Crippen LogP contribution in [0, 0.1) is 5.41 Å². The van der Waals surface area contributed by atoms with Crippen molar-refractivity contribution in [1.29, 1.82) is 0 Å². The number of methoxy groups -OCH3 is 3. The number of nitrogens with zero attached hydrogens (tertiary/aromatic N) is 2. The van der Waals surface area contributed by atoms with Gasteiger partial charge in [-0.1, -0.05) is 30.3 Å². The number of hydrogen-bond acceptors (Lipinski definition) is 7. The molecule has 5 rings (SSSR count). The third-order valence-corrected chi connectivity index (χ3v) is 7.93. The van der Waals surface area contributed by atoms with Crippen LogP contribution in [-0.4, -0.2) is 57.2 Å². The molecule has 0 aromatic heterocycles. The molecule has 0 radical (unpaired) electrons. The molecule has 2 heterocycles. The highest BCUT2D eigenvalue weighted by atomic mass is 16.5. The van der Waals surface area contributed by atoms with Gasteiger partial charge in [0.05, 0.1) is 27.0 Å². The molecule has 0 saturated carbocycles. The minimum atomic E-state index is -1.55. The molecule has 208 valence electrons. The quantitative estimate of drug-likeness (QED) is 0.427. The number of imide groups is 2. The summed E-state index contributed by atoms with van der Waals surface area (Å²) >= 11 is 0. The van der Waals surface area contributed by atoms with Gasteiger partial charge in [-0.05, 0) is 72.9 Å². The maximum absolute atomic E-state index is 14.4. The van der Waals surface area contributed by atoms with E-state index in [2.05, 4.69) is 17.1 Å². The van der Waals surface area contributed by atoms with Crippen LogP contribution < -0.4 is 24.4 Å². The monoisotopic (exact) mass is 543 g/mol. The molecule has 40 heavy (non-hydrogen) atoms. The van der Waals surface area contributed by atoms with Crippen LogP contribution in [0.2, 0.25) is 0 Å². The van der Waals surface area contributed by atoms with Crippen LogP contribution in [0.4, 0.5) is 10.5 Å². The van der Waals surface area contributed by atoms with Crippen LogP contribution in [0.5, 0.6) is 17.2 Å². The van der Waals surface area contributed by atoms with Gasteiger partial charge in [-0.25, -0.2) is 9.69 Å². The first-order valence-electron chi connectivity index (χ1n) is 13.2. The average molecular weight is 544 g/mol. The lowest BCUT2D eigenvalue weighted by atomic mass is 9.76. The van der Waals surface area contributed by atoms with Crippen LogP contribution in [-0.2, 0) is 22.4 Å². The summed E-state index contributed by atoms with van der Waals surface area (Å²) in [5, 5.41) is 2.49. The summed E-state index contributed by atoms with van der Waals surface area (Å²) in [7, 11) is 4.79. The zero-order valence-electron chi connectivity index (χ0n) is 23.1. The van der Waals surface area contributed by atoms with Crippen molar-refractivity contribution in [2.45, 2.75) is 25.8 Å². The Kier molecular flexibility index (Phi) is 7.49. The topological polar surface area (TPSA) is 97.4 Å². The first kappa shape index (κ1) is 27.2. The molecule has 9 nitrogen and oxygen atoms in total. The van der Waals surface area contributed by atoms with E-state index in [0.29, 0.717) is 35.9 Å². The molecule has 0 unspecified atom stereocenters. The third kappa shape index (κ3) is 4.77. The summed E-state index contributed by atoms with van der Waals surface area (Å²) in [5.74, 6) is 0.806. The molecule has 9 heteroatoms. The number of para-hydroxylation sites is 1. The Hall–Kier alpha value is -4.37. The number of carbonyl (C=O) groups excluding carboxylic acids is 3. The van der Waals surface area contributed by atoms with Gasteiger partial charge in [0.2, 0.25) is 5.91 Å². The van der Waals surface area contributed by atoms with Gasteiger partial charge in [0.1, 0.15) is 11.2 Å². The lowest BCUT2D eigenvalue weighted by Crippen LogP contribution is -2.68. The molecule has 0 spiro atoms. The fourth-order valence-corrected chi connectivity index (χ4v) is 5.69. The Morgan fingerprint density at radius 1 is 0.900 bits per heavy atom. The van der Waals surface area contributed by atoms with Gasteiger partial charge in [-0.3, -0.25) is 19.8 Å². The van der Waals surface area contributed by atoms with Crippen molar-refractivity contribution < 1.29 is 28.6 Å². The van der Waals surface area contributed by atoms with E-state index in [0.717, 1.165) is 21.6 Å². The number of benzene rings is 3. The van der Waals surface area contributed by atoms with Gasteiger partial charge >= 0.3 is 6.03 Å². The van der Waals surface area contributed by atoms with E-state index in [4.69, 9.17) is 14.2 Å². The second-order valence-corrected chi connectivity index (χ2v) is 10.1. The summed E-state index contributed by atoms with van der Waals surface area (Å²) in [6.45, 7) is 2.79. The van der Waals surface area contributed by atoms with Crippen LogP contribution in [0.1, 0.15) is 29.7 Å². The van der Waals surface area contributed by atoms with E-state index in [1.54, 1.807) is 57.7 Å². The van der Waals surface area contributed by atoms with Gasteiger partial charge in [0, 0.05) is 19.1 Å². The van der Waals surface area contributed by atoms with Crippen LogP contribution in [0.3, 0.4) is 0 Å². The number of amides is 4. The highest BCUT2D eigenvalue weighted by Crippen LogP contribution is 2.41. The highest BCUT2D eigenvalue weighted by molar-refractivity contribution is 6.30. The molecule has 2 aliphatic heterocycles. The van der Waals surface area contributed by atoms with E-state index in [9.17, 15) is 14.4 Å². The molecule has 1 saturated heterocycles. The molecule has 1 N–H and O–H groups in total. The number of fused-ring (bicyclic) bond motifs is 1. The number of anilines is 1. The molecule has 0 bridgehead atoms. The van der Waals surface area contributed by atoms with E-state index in [1.807, 2.05) is 30.3 Å². The van der Waals surface area contributed by atoms with E-state index in [1.165, 1.54) is 0 Å². The zero-order valence-corrected chi connectivity index (χ0v) is 23.1. The molecule has 4 amide bonds. The minimum Gasteiger partial charge on any atom is -0.497 e. The fraction of sp³-hybridized carbons (Fsp3) is 0.323. The van der Waals surface area contributed by atoms with Crippen molar-refractivity contribution in [2.24, 2.45) is 5.41 Å². The Morgan fingerprint density at radius 3 is 2.23 bits per heavy atom. The maximum Gasteiger partial charge on any atom is 0.335 e. The minimum absolute atomic E-state index is 0.111. The van der Waals surface area contributed by atoms with E-state index in [-0.39, 0.29) is 19.0 Å². The highest BCUT2D eigenvalue weighted by Gasteiger charge is 2.55.